The van der Waals surface area contributed by atoms with Gasteiger partial charge < -0.3 is 79.5 Å². The Morgan fingerprint density at radius 3 is 1.77 bits per heavy atom. The van der Waals surface area contributed by atoms with Crippen LogP contribution in [0.4, 0.5) is 0 Å². The van der Waals surface area contributed by atoms with Crippen molar-refractivity contribution in [3.8, 4) is 0 Å². The molecule has 0 spiro atoms. The highest BCUT2D eigenvalue weighted by Crippen LogP contribution is 2.25. The highest BCUT2D eigenvalue weighted by Gasteiger charge is 2.43. The molecule has 0 aliphatic carbocycles. The van der Waals surface area contributed by atoms with E-state index in [1.54, 1.807) is 20.1 Å². The number of thioether (sulfide) groups is 1. The van der Waals surface area contributed by atoms with Crippen molar-refractivity contribution in [3.63, 3.8) is 0 Å². The van der Waals surface area contributed by atoms with Gasteiger partial charge in [-0.05, 0) is 76.2 Å². The summed E-state index contributed by atoms with van der Waals surface area (Å²) in [6.07, 6.45) is 0.859. The van der Waals surface area contributed by atoms with Crippen LogP contribution < -0.4 is 54.4 Å². The number of carboxylic acids is 1. The number of hydrogen-bond acceptors (Lipinski definition) is 16. The number of carbonyl (C=O) groups excluding carboxylic acids is 11. The maximum absolute atomic E-state index is 14.0. The van der Waals surface area contributed by atoms with E-state index < -0.39 is 158 Å². The summed E-state index contributed by atoms with van der Waals surface area (Å²) in [5.41, 5.74) is 16.1. The first-order valence-corrected chi connectivity index (χ1v) is 24.3. The summed E-state index contributed by atoms with van der Waals surface area (Å²) in [5, 5.41) is 45.5. The molecule has 2 fully saturated rings. The summed E-state index contributed by atoms with van der Waals surface area (Å²) >= 11 is 1.35. The quantitative estimate of drug-likeness (QED) is 0.0318. The van der Waals surface area contributed by atoms with E-state index >= 15 is 0 Å². The molecule has 0 aromatic carbocycles. The van der Waals surface area contributed by atoms with Gasteiger partial charge in [0, 0.05) is 25.9 Å². The molecular weight excluding hydrogens is 945 g/mol. The smallest absolute Gasteiger partial charge is 0.328 e. The van der Waals surface area contributed by atoms with E-state index in [1.807, 2.05) is 5.32 Å². The van der Waals surface area contributed by atoms with E-state index in [9.17, 15) is 72.9 Å². The van der Waals surface area contributed by atoms with Gasteiger partial charge in [-0.1, -0.05) is 13.8 Å². The van der Waals surface area contributed by atoms with Crippen LogP contribution >= 0.6 is 11.8 Å². The number of rotatable bonds is 30. The van der Waals surface area contributed by atoms with Gasteiger partial charge in [-0.25, -0.2) is 4.79 Å². The predicted molar refractivity (Wildman–Crippen MR) is 249 cm³/mol. The Morgan fingerprint density at radius 2 is 1.20 bits per heavy atom. The van der Waals surface area contributed by atoms with E-state index in [2.05, 4.69) is 31.9 Å². The zero-order chi connectivity index (χ0) is 52.8. The number of amides is 11. The number of carbonyl (C=O) groups is 12. The average molecular weight is 1020 g/mol. The van der Waals surface area contributed by atoms with Gasteiger partial charge in [0.15, 0.2) is 0 Å². The van der Waals surface area contributed by atoms with E-state index in [0.29, 0.717) is 25.0 Å². The molecule has 2 aliphatic rings. The highest BCUT2D eigenvalue weighted by molar-refractivity contribution is 7.98. The normalized spacial score (nSPS) is 18.5. The molecule has 2 aliphatic heterocycles. The van der Waals surface area contributed by atoms with Gasteiger partial charge in [0.2, 0.25) is 65.0 Å². The standard InChI is InChI=1S/C42H70N12O15S/c1-21(2)17-26(50-39(65)28-7-5-15-54(28)41(67)29-8-6-14-53(29)33(60)19-47-35(61)23(43)9-11-30(44)57)38(64)48-25(13-16-70-4)36(62)46-18-32(59)52-34(22(3)56)40(66)49-24(10-12-31(45)58)37(63)51-27(20-55)42(68)69/h21-29,34,55-56H,5-20,43H2,1-4H3,(H2,44,57)(H2,45,58)(H,46,62)(H,47,61)(H,48,64)(H,49,66)(H,50,65)(H,51,63)(H,52,59)(H,68,69)/t22-,23+,24+,25+,26+,27+,28+,29+,34+/m1/s1. The van der Waals surface area contributed by atoms with Crippen molar-refractivity contribution in [1.29, 1.82) is 0 Å². The minimum atomic E-state index is -1.76. The summed E-state index contributed by atoms with van der Waals surface area (Å²) in [6, 6.07) is -10.5. The fourth-order valence-corrected chi connectivity index (χ4v) is 8.05. The molecule has 0 saturated carbocycles. The molecule has 2 saturated heterocycles. The van der Waals surface area contributed by atoms with E-state index in [-0.39, 0.29) is 51.1 Å². The summed E-state index contributed by atoms with van der Waals surface area (Å²) in [5.74, 6) is -10.0. The number of carboxylic acid groups (broad SMARTS) is 1. The summed E-state index contributed by atoms with van der Waals surface area (Å²) in [4.78, 5) is 156. The molecule has 394 valence electrons. The first-order chi connectivity index (χ1) is 32.9. The monoisotopic (exact) mass is 1010 g/mol. The summed E-state index contributed by atoms with van der Waals surface area (Å²) < 4.78 is 0. The first kappa shape index (κ1) is 60.0. The number of aliphatic hydroxyl groups excluding tert-OH is 2. The zero-order valence-corrected chi connectivity index (χ0v) is 40.7. The van der Waals surface area contributed by atoms with Gasteiger partial charge in [0.1, 0.15) is 42.3 Å². The minimum Gasteiger partial charge on any atom is -0.480 e. The molecule has 27 nitrogen and oxygen atoms in total. The van der Waals surface area contributed by atoms with Crippen molar-refractivity contribution in [2.24, 2.45) is 23.1 Å². The van der Waals surface area contributed by atoms with Crippen molar-refractivity contribution in [2.45, 2.75) is 139 Å². The second-order valence-electron chi connectivity index (χ2n) is 17.4. The van der Waals surface area contributed by atoms with Crippen LogP contribution in [0.3, 0.4) is 0 Å². The van der Waals surface area contributed by atoms with Gasteiger partial charge in [0.25, 0.3) is 0 Å². The SMILES string of the molecule is CSCC[C@H](NC(=O)[C@H](CC(C)C)NC(=O)[C@@H]1CCCN1C(=O)[C@@H]1CCCN1C(=O)CNC(=O)[C@@H](N)CCC(N)=O)C(=O)NCC(=O)N[C@H](C(=O)N[C@@H](CCC(N)=O)C(=O)N[C@@H](CO)C(=O)O)[C@@H](C)O. The van der Waals surface area contributed by atoms with Crippen LogP contribution in [0.2, 0.25) is 0 Å². The maximum Gasteiger partial charge on any atom is 0.328 e. The molecule has 0 unspecified atom stereocenters. The van der Waals surface area contributed by atoms with Crippen LogP contribution in [0.5, 0.6) is 0 Å². The summed E-state index contributed by atoms with van der Waals surface area (Å²) in [7, 11) is 0. The Balaban J connectivity index is 2.13. The number of primary amides is 2. The van der Waals surface area contributed by atoms with E-state index in [1.165, 1.54) is 21.6 Å². The molecule has 0 radical (unpaired) electrons. The molecule has 16 N–H and O–H groups in total. The average Bonchev–Trinajstić information content (AvgIpc) is 4.00. The lowest BCUT2D eigenvalue weighted by Crippen LogP contribution is -2.60. The second kappa shape index (κ2) is 29.8. The van der Waals surface area contributed by atoms with E-state index in [4.69, 9.17) is 17.2 Å². The zero-order valence-electron chi connectivity index (χ0n) is 39.9. The van der Waals surface area contributed by atoms with Crippen LogP contribution in [0.15, 0.2) is 0 Å². The largest absolute Gasteiger partial charge is 0.480 e. The fourth-order valence-electron chi connectivity index (χ4n) is 7.58. The van der Waals surface area contributed by atoms with Crippen molar-refractivity contribution >= 4 is 82.7 Å². The number of aliphatic hydroxyl groups is 2. The molecule has 70 heavy (non-hydrogen) atoms. The van der Waals surface area contributed by atoms with E-state index in [0.717, 1.165) is 6.92 Å². The van der Waals surface area contributed by atoms with Crippen molar-refractivity contribution in [3.05, 3.63) is 0 Å². The molecule has 28 heteroatoms. The van der Waals surface area contributed by atoms with Crippen LogP contribution in [0.25, 0.3) is 0 Å². The Bertz CT molecular complexity index is 1910. The highest BCUT2D eigenvalue weighted by atomic mass is 32.2. The molecule has 2 heterocycles. The Kier molecular flexibility index (Phi) is 25.5. The summed E-state index contributed by atoms with van der Waals surface area (Å²) in [6.45, 7) is 2.94. The van der Waals surface area contributed by atoms with Gasteiger partial charge in [-0.15, -0.1) is 0 Å². The van der Waals surface area contributed by atoms with Gasteiger partial charge in [0.05, 0.1) is 31.8 Å². The van der Waals surface area contributed by atoms with Crippen molar-refractivity contribution < 1.29 is 72.9 Å². The lowest BCUT2D eigenvalue weighted by atomic mass is 10.0. The molecule has 0 bridgehead atoms. The third kappa shape index (κ3) is 19.7. The lowest BCUT2D eigenvalue weighted by molar-refractivity contribution is -0.147. The van der Waals surface area contributed by atoms with Crippen molar-refractivity contribution in [2.75, 3.05) is 44.8 Å². The molecule has 9 atom stereocenters. The maximum atomic E-state index is 14.0. The third-order valence-electron chi connectivity index (χ3n) is 11.3. The lowest BCUT2D eigenvalue weighted by Gasteiger charge is -2.32. The predicted octanol–water partition coefficient (Wildman–Crippen LogP) is -6.26. The Hall–Kier alpha value is -6.13. The van der Waals surface area contributed by atoms with Crippen LogP contribution in [-0.2, 0) is 57.5 Å². The number of nitrogens with zero attached hydrogens (tertiary/aromatic N) is 2. The minimum absolute atomic E-state index is 0.0165. The van der Waals surface area contributed by atoms with Crippen LogP contribution in [0.1, 0.15) is 85.0 Å². The Morgan fingerprint density at radius 1 is 0.657 bits per heavy atom. The molecule has 0 aromatic rings. The topological polar surface area (TPSA) is 434 Å². The van der Waals surface area contributed by atoms with Crippen molar-refractivity contribution in [1.82, 2.24) is 47.0 Å². The number of aliphatic carboxylic acids is 1. The number of hydrogen-bond donors (Lipinski definition) is 13. The Labute approximate surface area is 409 Å². The number of likely N-dealkylation sites (tertiary alicyclic amines) is 2. The number of nitrogens with two attached hydrogens (primary N) is 3. The second-order valence-corrected chi connectivity index (χ2v) is 18.4. The fraction of sp³-hybridized carbons (Fsp3) is 0.714. The van der Waals surface area contributed by atoms with Crippen LogP contribution in [0, 0.1) is 5.92 Å². The molecule has 0 aromatic heterocycles. The molecule has 2 rings (SSSR count). The van der Waals surface area contributed by atoms with Gasteiger partial charge in [-0.2, -0.15) is 11.8 Å². The van der Waals surface area contributed by atoms with Gasteiger partial charge >= 0.3 is 5.97 Å². The first-order valence-electron chi connectivity index (χ1n) is 22.9. The van der Waals surface area contributed by atoms with Gasteiger partial charge in [-0.3, -0.25) is 52.7 Å². The third-order valence-corrected chi connectivity index (χ3v) is 12.0. The molecular formula is C42H70N12O15S. The van der Waals surface area contributed by atoms with Crippen LogP contribution in [-0.4, -0.2) is 195 Å². The molecule has 11 amide bonds. The number of nitrogens with one attached hydrogen (secondary N) is 7.